The first kappa shape index (κ1) is 14.9. The van der Waals surface area contributed by atoms with Crippen LogP contribution in [0.3, 0.4) is 0 Å². The second-order valence-corrected chi connectivity index (χ2v) is 7.65. The smallest absolute Gasteiger partial charge is 0.105 e. The Bertz CT molecular complexity index is 993. The summed E-state index contributed by atoms with van der Waals surface area (Å²) in [6.07, 6.45) is 10.7. The molecule has 124 valence electrons. The maximum Gasteiger partial charge on any atom is 0.105 e. The maximum atomic E-state index is 11.1. The molecule has 4 aliphatic rings. The average Bonchev–Trinajstić information content (AvgIpc) is 2.97. The Morgan fingerprint density at radius 2 is 1.76 bits per heavy atom. The van der Waals surface area contributed by atoms with Crippen LogP contribution in [0.2, 0.25) is 0 Å². The zero-order valence-electron chi connectivity index (χ0n) is 14.3. The standard InChI is InChI=1S/C23H20O2/c1-23(2)18-8-4-3-6-13(18)10-17-19(23)12-15-16(22(17)25)11-14-7-5-9-20(24)21(14)15/h3-12,20,22,24-25H,1-2H3. The van der Waals surface area contributed by atoms with Crippen molar-refractivity contribution < 1.29 is 10.2 Å². The topological polar surface area (TPSA) is 40.5 Å². The molecule has 0 radical (unpaired) electrons. The average molecular weight is 328 g/mol. The van der Waals surface area contributed by atoms with E-state index in [0.29, 0.717) is 0 Å². The summed E-state index contributed by atoms with van der Waals surface area (Å²) in [5.74, 6) is 0. The molecule has 2 nitrogen and oxygen atoms in total. The SMILES string of the molecule is CC1(C)C2=CC3=C4C(=CC=CC4O)C=C3C(O)C2=Cc2ccccc21. The summed E-state index contributed by atoms with van der Waals surface area (Å²) in [6, 6.07) is 8.38. The lowest BCUT2D eigenvalue weighted by Gasteiger charge is -2.40. The Balaban J connectivity index is 1.80. The van der Waals surface area contributed by atoms with Crippen LogP contribution in [-0.2, 0) is 5.41 Å². The first-order chi connectivity index (χ1) is 12.0. The monoisotopic (exact) mass is 328 g/mol. The number of rotatable bonds is 0. The molecule has 5 rings (SSSR count). The minimum absolute atomic E-state index is 0.192. The van der Waals surface area contributed by atoms with Gasteiger partial charge in [-0.2, -0.15) is 0 Å². The zero-order chi connectivity index (χ0) is 17.3. The van der Waals surface area contributed by atoms with E-state index < -0.39 is 12.2 Å². The van der Waals surface area contributed by atoms with Crippen molar-refractivity contribution in [1.82, 2.24) is 0 Å². The molecule has 0 saturated carbocycles. The molecule has 2 N–H and O–H groups in total. The van der Waals surface area contributed by atoms with Gasteiger partial charge >= 0.3 is 0 Å². The molecule has 0 amide bonds. The number of hydrogen-bond acceptors (Lipinski definition) is 2. The third kappa shape index (κ3) is 1.87. The lowest BCUT2D eigenvalue weighted by Crippen LogP contribution is -2.33. The van der Waals surface area contributed by atoms with E-state index in [1.807, 2.05) is 24.3 Å². The molecule has 0 aliphatic heterocycles. The summed E-state index contributed by atoms with van der Waals surface area (Å²) in [5.41, 5.74) is 8.16. The highest BCUT2D eigenvalue weighted by molar-refractivity contribution is 5.80. The van der Waals surface area contributed by atoms with E-state index in [1.165, 1.54) is 11.1 Å². The molecular weight excluding hydrogens is 308 g/mol. The Morgan fingerprint density at radius 1 is 0.960 bits per heavy atom. The highest BCUT2D eigenvalue weighted by Gasteiger charge is 2.42. The summed E-state index contributed by atoms with van der Waals surface area (Å²) in [4.78, 5) is 0. The quantitative estimate of drug-likeness (QED) is 0.761. The number of benzene rings is 1. The van der Waals surface area contributed by atoms with Crippen molar-refractivity contribution in [2.45, 2.75) is 31.5 Å². The van der Waals surface area contributed by atoms with Crippen LogP contribution in [-0.4, -0.2) is 22.4 Å². The fourth-order valence-corrected chi connectivity index (χ4v) is 4.60. The van der Waals surface area contributed by atoms with Gasteiger partial charge in [0.25, 0.3) is 0 Å². The van der Waals surface area contributed by atoms with Crippen molar-refractivity contribution in [3.8, 4) is 0 Å². The molecule has 2 heteroatoms. The van der Waals surface area contributed by atoms with E-state index >= 15 is 0 Å². The van der Waals surface area contributed by atoms with Crippen molar-refractivity contribution in [1.29, 1.82) is 0 Å². The van der Waals surface area contributed by atoms with Gasteiger partial charge < -0.3 is 10.2 Å². The predicted molar refractivity (Wildman–Crippen MR) is 99.9 cm³/mol. The van der Waals surface area contributed by atoms with E-state index in [4.69, 9.17) is 0 Å². The van der Waals surface area contributed by atoms with E-state index in [-0.39, 0.29) is 5.41 Å². The number of allylic oxidation sites excluding steroid dienone is 4. The molecule has 2 atom stereocenters. The summed E-state index contributed by atoms with van der Waals surface area (Å²) in [5, 5.41) is 21.6. The van der Waals surface area contributed by atoms with Gasteiger partial charge in [0, 0.05) is 5.41 Å². The van der Waals surface area contributed by atoms with Gasteiger partial charge in [-0.1, -0.05) is 56.3 Å². The Labute approximate surface area is 147 Å². The number of aliphatic hydroxyl groups is 2. The lowest BCUT2D eigenvalue weighted by atomic mass is 9.64. The van der Waals surface area contributed by atoms with Gasteiger partial charge in [0.2, 0.25) is 0 Å². The van der Waals surface area contributed by atoms with E-state index in [1.54, 1.807) is 6.08 Å². The fourth-order valence-electron chi connectivity index (χ4n) is 4.60. The minimum Gasteiger partial charge on any atom is -0.384 e. The molecule has 2 unspecified atom stereocenters. The highest BCUT2D eigenvalue weighted by Crippen LogP contribution is 2.51. The first-order valence-corrected chi connectivity index (χ1v) is 8.73. The third-order valence-corrected chi connectivity index (χ3v) is 5.90. The molecule has 1 aromatic rings. The van der Waals surface area contributed by atoms with E-state index in [0.717, 1.165) is 33.4 Å². The van der Waals surface area contributed by atoms with E-state index in [9.17, 15) is 10.2 Å². The van der Waals surface area contributed by atoms with Crippen LogP contribution in [0, 0.1) is 0 Å². The second kappa shape index (κ2) is 4.81. The molecule has 0 saturated heterocycles. The Morgan fingerprint density at radius 3 is 2.60 bits per heavy atom. The third-order valence-electron chi connectivity index (χ3n) is 5.90. The van der Waals surface area contributed by atoms with Crippen molar-refractivity contribution >= 4 is 6.08 Å². The van der Waals surface area contributed by atoms with Gasteiger partial charge in [0.15, 0.2) is 0 Å². The normalized spacial score (nSPS) is 28.2. The zero-order valence-corrected chi connectivity index (χ0v) is 14.3. The van der Waals surface area contributed by atoms with Gasteiger partial charge in [-0.05, 0) is 62.8 Å². The molecule has 0 heterocycles. The summed E-state index contributed by atoms with van der Waals surface area (Å²) < 4.78 is 0. The van der Waals surface area contributed by atoms with Crippen LogP contribution in [0.15, 0.2) is 88.1 Å². The lowest BCUT2D eigenvalue weighted by molar-refractivity contribution is 0.246. The summed E-state index contributed by atoms with van der Waals surface area (Å²) >= 11 is 0. The molecule has 0 aromatic heterocycles. The highest BCUT2D eigenvalue weighted by atomic mass is 16.3. The Hall–Kier alpha value is -2.42. The van der Waals surface area contributed by atoms with Crippen molar-refractivity contribution in [3.05, 3.63) is 99.2 Å². The fraction of sp³-hybridized carbons (Fsp3) is 0.217. The molecule has 0 spiro atoms. The maximum absolute atomic E-state index is 11.1. The first-order valence-electron chi connectivity index (χ1n) is 8.73. The molecule has 0 bridgehead atoms. The second-order valence-electron chi connectivity index (χ2n) is 7.65. The van der Waals surface area contributed by atoms with Crippen molar-refractivity contribution in [2.24, 2.45) is 0 Å². The number of fused-ring (bicyclic) bond motifs is 4. The van der Waals surface area contributed by atoms with E-state index in [2.05, 4.69) is 44.2 Å². The van der Waals surface area contributed by atoms with Crippen LogP contribution in [0.25, 0.3) is 6.08 Å². The van der Waals surface area contributed by atoms with Crippen molar-refractivity contribution in [2.75, 3.05) is 0 Å². The number of hydrogen-bond donors (Lipinski definition) is 2. The van der Waals surface area contributed by atoms with Crippen LogP contribution < -0.4 is 0 Å². The van der Waals surface area contributed by atoms with Gasteiger partial charge in [-0.25, -0.2) is 0 Å². The van der Waals surface area contributed by atoms with Gasteiger partial charge in [0.1, 0.15) is 6.10 Å². The van der Waals surface area contributed by atoms with Crippen LogP contribution in [0.5, 0.6) is 0 Å². The van der Waals surface area contributed by atoms with Crippen LogP contribution in [0.1, 0.15) is 25.0 Å². The molecular formula is C23H20O2. The summed E-state index contributed by atoms with van der Waals surface area (Å²) in [6.45, 7) is 4.42. The van der Waals surface area contributed by atoms with Gasteiger partial charge in [-0.15, -0.1) is 0 Å². The number of aliphatic hydroxyl groups excluding tert-OH is 2. The molecule has 25 heavy (non-hydrogen) atoms. The molecule has 0 fully saturated rings. The molecule has 4 aliphatic carbocycles. The minimum atomic E-state index is -0.658. The van der Waals surface area contributed by atoms with Crippen LogP contribution in [0.4, 0.5) is 0 Å². The molecule has 1 aromatic carbocycles. The Kier molecular flexibility index (Phi) is 2.87. The largest absolute Gasteiger partial charge is 0.384 e. The van der Waals surface area contributed by atoms with Crippen LogP contribution >= 0.6 is 0 Å². The summed E-state index contributed by atoms with van der Waals surface area (Å²) in [7, 11) is 0. The van der Waals surface area contributed by atoms with Gasteiger partial charge in [-0.3, -0.25) is 0 Å². The predicted octanol–water partition coefficient (Wildman–Crippen LogP) is 3.76. The van der Waals surface area contributed by atoms with Crippen molar-refractivity contribution in [3.63, 3.8) is 0 Å². The van der Waals surface area contributed by atoms with Gasteiger partial charge in [0.05, 0.1) is 6.10 Å².